The Balaban J connectivity index is 1.18. The van der Waals surface area contributed by atoms with E-state index >= 15 is 0 Å². The zero-order valence-electron chi connectivity index (χ0n) is 20.3. The lowest BCUT2D eigenvalue weighted by Crippen LogP contribution is -2.37. The van der Waals surface area contributed by atoms with Gasteiger partial charge in [-0.3, -0.25) is 0 Å². The van der Waals surface area contributed by atoms with Crippen LogP contribution in [-0.4, -0.2) is 49.2 Å². The zero-order chi connectivity index (χ0) is 25.8. The lowest BCUT2D eigenvalue weighted by molar-refractivity contribution is -0.274. The number of nitrogens with zero attached hydrogens (tertiary/aromatic N) is 3. The van der Waals surface area contributed by atoms with E-state index < -0.39 is 6.36 Å². The minimum absolute atomic E-state index is 0.226. The molecular weight excluding hydrogens is 501 g/mol. The van der Waals surface area contributed by atoms with Gasteiger partial charge in [-0.2, -0.15) is 4.98 Å². The molecule has 3 heterocycles. The number of hydrogen-bond acceptors (Lipinski definition) is 7. The quantitative estimate of drug-likeness (QED) is 0.266. The van der Waals surface area contributed by atoms with Crippen LogP contribution in [0.3, 0.4) is 0 Å². The molecule has 4 aromatic rings. The van der Waals surface area contributed by atoms with Gasteiger partial charge in [0, 0.05) is 24.5 Å². The van der Waals surface area contributed by atoms with Crippen molar-refractivity contribution in [3.63, 3.8) is 0 Å². The average Bonchev–Trinajstić information content (AvgIpc) is 3.27. The largest absolute Gasteiger partial charge is 0.573 e. The summed E-state index contributed by atoms with van der Waals surface area (Å²) in [6.45, 7) is 5.80. The molecule has 0 saturated carbocycles. The number of rotatable bonds is 8. The Kier molecular flexibility index (Phi) is 7.48. The maximum absolute atomic E-state index is 12.4. The third kappa shape index (κ3) is 6.50. The number of alkyl halides is 3. The summed E-state index contributed by atoms with van der Waals surface area (Å²) in [5.74, 6) is 1.38. The maximum Gasteiger partial charge on any atom is 0.573 e. The molecule has 2 aromatic carbocycles. The molecule has 0 unspecified atom stereocenters. The summed E-state index contributed by atoms with van der Waals surface area (Å²) in [6, 6.07) is 16.1. The van der Waals surface area contributed by atoms with Crippen LogP contribution in [0.4, 0.5) is 24.9 Å². The fourth-order valence-corrected chi connectivity index (χ4v) is 5.16. The van der Waals surface area contributed by atoms with E-state index in [0.29, 0.717) is 13.2 Å². The van der Waals surface area contributed by atoms with Crippen LogP contribution in [0.5, 0.6) is 5.75 Å². The molecule has 1 aliphatic heterocycles. The third-order valence-corrected chi connectivity index (χ3v) is 7.05. The maximum atomic E-state index is 12.4. The minimum Gasteiger partial charge on any atom is -0.406 e. The number of ether oxygens (including phenoxy) is 2. The normalized spacial score (nSPS) is 14.2. The first-order valence-electron chi connectivity index (χ1n) is 12.1. The van der Waals surface area contributed by atoms with E-state index in [1.54, 1.807) is 23.5 Å². The van der Waals surface area contributed by atoms with Gasteiger partial charge in [-0.25, -0.2) is 4.98 Å². The second kappa shape index (κ2) is 10.9. The first-order chi connectivity index (χ1) is 17.8. The summed E-state index contributed by atoms with van der Waals surface area (Å²) >= 11 is 1.68. The fraction of sp³-hybridized carbons (Fsp3) is 0.333. The van der Waals surface area contributed by atoms with Crippen LogP contribution in [0.2, 0.25) is 0 Å². The highest BCUT2D eigenvalue weighted by Gasteiger charge is 2.31. The van der Waals surface area contributed by atoms with Crippen molar-refractivity contribution < 1.29 is 22.6 Å². The Bertz CT molecular complexity index is 1340. The SMILES string of the molecule is Cc1cc2c(NCCCc3ccc(-c4ccc(OC(F)(F)F)cc4)cc3)nc(N3CCOCC3)nc2s1. The number of halogens is 3. The van der Waals surface area contributed by atoms with Crippen molar-refractivity contribution in [3.05, 3.63) is 65.0 Å². The second-order valence-corrected chi connectivity index (χ2v) is 10.1. The molecule has 10 heteroatoms. The van der Waals surface area contributed by atoms with Crippen molar-refractivity contribution in [2.45, 2.75) is 26.1 Å². The lowest BCUT2D eigenvalue weighted by Gasteiger charge is -2.27. The Hall–Kier alpha value is -3.37. The van der Waals surface area contributed by atoms with E-state index in [-0.39, 0.29) is 5.75 Å². The van der Waals surface area contributed by atoms with Gasteiger partial charge in [-0.1, -0.05) is 36.4 Å². The van der Waals surface area contributed by atoms with Crippen molar-refractivity contribution in [1.82, 2.24) is 9.97 Å². The van der Waals surface area contributed by atoms with Crippen LogP contribution in [0.15, 0.2) is 54.6 Å². The average molecular weight is 529 g/mol. The van der Waals surface area contributed by atoms with Crippen molar-refractivity contribution in [2.75, 3.05) is 43.1 Å². The molecular formula is C27H27F3N4O2S. The van der Waals surface area contributed by atoms with E-state index in [4.69, 9.17) is 14.7 Å². The lowest BCUT2D eigenvalue weighted by atomic mass is 10.0. The summed E-state index contributed by atoms with van der Waals surface area (Å²) in [6.07, 6.45) is -2.88. The molecule has 1 fully saturated rings. The van der Waals surface area contributed by atoms with Gasteiger partial charge in [0.05, 0.1) is 18.6 Å². The van der Waals surface area contributed by atoms with Crippen molar-refractivity contribution in [1.29, 1.82) is 0 Å². The van der Waals surface area contributed by atoms with Crippen molar-refractivity contribution in [2.24, 2.45) is 0 Å². The molecule has 194 valence electrons. The Morgan fingerprint density at radius 2 is 1.68 bits per heavy atom. The molecule has 5 rings (SSSR count). The second-order valence-electron chi connectivity index (χ2n) is 8.85. The molecule has 37 heavy (non-hydrogen) atoms. The number of thiophene rings is 1. The fourth-order valence-electron chi connectivity index (χ4n) is 4.28. The molecule has 1 saturated heterocycles. The molecule has 0 atom stereocenters. The zero-order valence-corrected chi connectivity index (χ0v) is 21.2. The number of hydrogen-bond donors (Lipinski definition) is 1. The predicted octanol–water partition coefficient (Wildman–Crippen LogP) is 6.45. The molecule has 0 spiro atoms. The summed E-state index contributed by atoms with van der Waals surface area (Å²) in [4.78, 5) is 14.0. The van der Waals surface area contributed by atoms with Crippen LogP contribution >= 0.6 is 11.3 Å². The standard InChI is InChI=1S/C27H27F3N4O2S/c1-18-17-23-24(32-26(33-25(23)37-18)34-13-15-35-16-14-34)31-12-2-3-19-4-6-20(7-5-19)21-8-10-22(11-9-21)36-27(28,29)30/h4-11,17H,2-3,12-16H2,1H3,(H,31,32,33). The topological polar surface area (TPSA) is 59.5 Å². The Labute approximate surface area is 217 Å². The minimum atomic E-state index is -4.69. The van der Waals surface area contributed by atoms with Crippen LogP contribution in [-0.2, 0) is 11.2 Å². The Morgan fingerprint density at radius 3 is 2.35 bits per heavy atom. The van der Waals surface area contributed by atoms with Crippen LogP contribution in [0.1, 0.15) is 16.9 Å². The summed E-state index contributed by atoms with van der Waals surface area (Å²) in [5, 5.41) is 4.57. The monoisotopic (exact) mass is 528 g/mol. The van der Waals surface area contributed by atoms with Gasteiger partial charge >= 0.3 is 6.36 Å². The van der Waals surface area contributed by atoms with Crippen molar-refractivity contribution >= 4 is 33.3 Å². The first kappa shape index (κ1) is 25.3. The van der Waals surface area contributed by atoms with Gasteiger partial charge in [0.2, 0.25) is 5.95 Å². The van der Waals surface area contributed by atoms with Gasteiger partial charge in [-0.15, -0.1) is 24.5 Å². The van der Waals surface area contributed by atoms with E-state index in [1.807, 2.05) is 12.1 Å². The van der Waals surface area contributed by atoms with Crippen LogP contribution < -0.4 is 15.0 Å². The highest BCUT2D eigenvalue weighted by Crippen LogP contribution is 2.31. The number of aryl methyl sites for hydroxylation is 2. The van der Waals surface area contributed by atoms with Crippen LogP contribution in [0, 0.1) is 6.92 Å². The van der Waals surface area contributed by atoms with E-state index in [2.05, 4.69) is 40.1 Å². The molecule has 0 aliphatic carbocycles. The van der Waals surface area contributed by atoms with Gasteiger partial charge in [0.25, 0.3) is 0 Å². The molecule has 1 aliphatic rings. The number of aromatic nitrogens is 2. The van der Waals surface area contributed by atoms with Crippen molar-refractivity contribution in [3.8, 4) is 16.9 Å². The molecule has 0 radical (unpaired) electrons. The highest BCUT2D eigenvalue weighted by atomic mass is 32.1. The van der Waals surface area contributed by atoms with E-state index in [1.165, 1.54) is 22.6 Å². The van der Waals surface area contributed by atoms with Gasteiger partial charge < -0.3 is 19.7 Å². The molecule has 0 amide bonds. The molecule has 2 aromatic heterocycles. The number of anilines is 2. The summed E-state index contributed by atoms with van der Waals surface area (Å²) < 4.78 is 46.5. The number of morpholine rings is 1. The molecule has 0 bridgehead atoms. The first-order valence-corrected chi connectivity index (χ1v) is 13.0. The predicted molar refractivity (Wildman–Crippen MR) is 141 cm³/mol. The van der Waals surface area contributed by atoms with Gasteiger partial charge in [0.1, 0.15) is 16.4 Å². The molecule has 6 nitrogen and oxygen atoms in total. The summed E-state index contributed by atoms with van der Waals surface area (Å²) in [7, 11) is 0. The van der Waals surface area contributed by atoms with Gasteiger partial charge in [0.15, 0.2) is 0 Å². The number of fused-ring (bicyclic) bond motifs is 1. The number of benzene rings is 2. The van der Waals surface area contributed by atoms with E-state index in [9.17, 15) is 13.2 Å². The smallest absolute Gasteiger partial charge is 0.406 e. The number of nitrogens with one attached hydrogen (secondary N) is 1. The van der Waals surface area contributed by atoms with Crippen LogP contribution in [0.25, 0.3) is 21.3 Å². The summed E-state index contributed by atoms with van der Waals surface area (Å²) in [5.41, 5.74) is 2.96. The highest BCUT2D eigenvalue weighted by molar-refractivity contribution is 7.18. The Morgan fingerprint density at radius 1 is 1.00 bits per heavy atom. The van der Waals surface area contributed by atoms with Gasteiger partial charge in [-0.05, 0) is 54.7 Å². The molecule has 1 N–H and O–H groups in total. The third-order valence-electron chi connectivity index (χ3n) is 6.11. The van der Waals surface area contributed by atoms with E-state index in [0.717, 1.165) is 65.6 Å².